The summed E-state index contributed by atoms with van der Waals surface area (Å²) in [7, 11) is 3.51. The molecule has 7 N–H and O–H groups in total. The molecule has 0 saturated carbocycles. The first-order valence-electron chi connectivity index (χ1n) is 14.5. The second-order valence-electron chi connectivity index (χ2n) is 10.0. The van der Waals surface area contributed by atoms with Crippen molar-refractivity contribution in [3.63, 3.8) is 0 Å². The monoisotopic (exact) mass is 615 g/mol. The minimum absolute atomic E-state index is 0.00391. The molecule has 0 unspecified atom stereocenters. The quantitative estimate of drug-likeness (QED) is 0.0972. The first-order chi connectivity index (χ1) is 21.7. The van der Waals surface area contributed by atoms with E-state index in [-0.39, 0.29) is 17.4 Å². The molecule has 4 aromatic rings. The summed E-state index contributed by atoms with van der Waals surface area (Å²) in [6, 6.07) is 7.21. The van der Waals surface area contributed by atoms with Crippen molar-refractivity contribution >= 4 is 46.5 Å². The molecule has 14 heteroatoms. The van der Waals surface area contributed by atoms with Crippen LogP contribution in [0.25, 0.3) is 22.2 Å². The lowest BCUT2D eigenvalue weighted by molar-refractivity contribution is -0.117. The SMILES string of the molecule is CC=O.CN/C(C)=C\C(N)=N/c1ncc(C)c(-c2c[nH]c3c(NC(=O)CN4CCCC4)cccc23)n1.CNc1nccc(=O)[nH]1. The van der Waals surface area contributed by atoms with Gasteiger partial charge in [-0.25, -0.2) is 15.0 Å². The summed E-state index contributed by atoms with van der Waals surface area (Å²) in [6.45, 7) is 7.68. The Hall–Kier alpha value is -5.37. The van der Waals surface area contributed by atoms with Crippen molar-refractivity contribution in [2.45, 2.75) is 33.6 Å². The van der Waals surface area contributed by atoms with Gasteiger partial charge in [-0.3, -0.25) is 19.5 Å². The van der Waals surface area contributed by atoms with Crippen LogP contribution in [0.4, 0.5) is 17.6 Å². The first-order valence-corrected chi connectivity index (χ1v) is 14.5. The van der Waals surface area contributed by atoms with Crippen molar-refractivity contribution in [2.75, 3.05) is 44.4 Å². The zero-order valence-electron chi connectivity index (χ0n) is 26.3. The maximum absolute atomic E-state index is 12.6. The molecule has 1 saturated heterocycles. The number of aromatic amines is 2. The molecule has 45 heavy (non-hydrogen) atoms. The van der Waals surface area contributed by atoms with Gasteiger partial charge in [0.1, 0.15) is 12.1 Å². The van der Waals surface area contributed by atoms with E-state index in [0.29, 0.717) is 18.3 Å². The number of likely N-dealkylation sites (tertiary alicyclic amines) is 1. The lowest BCUT2D eigenvalue weighted by atomic mass is 10.1. The molecule has 1 aromatic carbocycles. The second kappa shape index (κ2) is 17.1. The number of hydrogen-bond donors (Lipinski definition) is 6. The highest BCUT2D eigenvalue weighted by molar-refractivity contribution is 6.06. The minimum atomic E-state index is -0.144. The number of aliphatic imine (C=N–C) groups is 1. The molecular formula is C31H41N11O3. The third-order valence-electron chi connectivity index (χ3n) is 6.67. The van der Waals surface area contributed by atoms with Crippen LogP contribution in [0, 0.1) is 6.92 Å². The zero-order valence-corrected chi connectivity index (χ0v) is 26.3. The van der Waals surface area contributed by atoms with Gasteiger partial charge >= 0.3 is 0 Å². The maximum atomic E-state index is 12.6. The lowest BCUT2D eigenvalue weighted by Gasteiger charge is -2.14. The molecule has 0 spiro atoms. The number of fused-ring (bicyclic) bond motifs is 1. The summed E-state index contributed by atoms with van der Waals surface area (Å²) in [5, 5.41) is 9.73. The lowest BCUT2D eigenvalue weighted by Crippen LogP contribution is -2.30. The standard InChI is InChI=1S/C24H30N8O.C5H7N3O.C2H4O/c1-15-12-28-24(30-20(25)11-16(2)26-3)31-22(15)18-13-27-23-17(18)7-6-8-19(23)29-21(33)14-32-9-4-5-10-32;1-6-5-7-3-2-4(9)8-5;1-2-3/h6-8,11-13,26-27H,4-5,9-10,14H2,1-3H3,(H,29,33)(H2,25,28,30,31);2-3H,1H3,(H2,6,7,8,9);2H,1H3/b16-11-;;. The third kappa shape index (κ3) is 10.1. The van der Waals surface area contributed by atoms with Gasteiger partial charge in [-0.1, -0.05) is 12.1 Å². The molecule has 0 bridgehead atoms. The summed E-state index contributed by atoms with van der Waals surface area (Å²) < 4.78 is 0. The number of aryl methyl sites for hydroxylation is 1. The summed E-state index contributed by atoms with van der Waals surface area (Å²) in [5.74, 6) is 1.09. The Morgan fingerprint density at radius 1 is 1.18 bits per heavy atom. The average molecular weight is 616 g/mol. The second-order valence-corrected chi connectivity index (χ2v) is 10.0. The van der Waals surface area contributed by atoms with Gasteiger partial charge in [0.05, 0.1) is 23.4 Å². The number of rotatable bonds is 8. The number of H-pyrrole nitrogens is 2. The number of nitrogens with two attached hydrogens (primary N) is 1. The fourth-order valence-electron chi connectivity index (χ4n) is 4.49. The Morgan fingerprint density at radius 3 is 2.56 bits per heavy atom. The fourth-order valence-corrected chi connectivity index (χ4v) is 4.49. The smallest absolute Gasteiger partial charge is 0.252 e. The van der Waals surface area contributed by atoms with Crippen LogP contribution < -0.4 is 27.2 Å². The van der Waals surface area contributed by atoms with Gasteiger partial charge in [-0.15, -0.1) is 0 Å². The molecule has 0 radical (unpaired) electrons. The number of para-hydroxylation sites is 1. The number of aromatic nitrogens is 5. The fraction of sp³-hybridized carbons (Fsp3) is 0.323. The number of benzene rings is 1. The highest BCUT2D eigenvalue weighted by Crippen LogP contribution is 2.33. The average Bonchev–Trinajstić information content (AvgIpc) is 3.69. The number of aldehydes is 1. The van der Waals surface area contributed by atoms with Crippen LogP contribution >= 0.6 is 0 Å². The van der Waals surface area contributed by atoms with Crippen LogP contribution in [-0.4, -0.2) is 81.6 Å². The largest absolute Gasteiger partial charge is 0.392 e. The number of amides is 1. The molecule has 1 amide bonds. The van der Waals surface area contributed by atoms with E-state index in [1.54, 1.807) is 19.3 Å². The number of anilines is 2. The van der Waals surface area contributed by atoms with Gasteiger partial charge in [0.25, 0.3) is 11.5 Å². The van der Waals surface area contributed by atoms with E-state index in [9.17, 15) is 9.59 Å². The molecule has 0 atom stereocenters. The minimum Gasteiger partial charge on any atom is -0.392 e. The van der Waals surface area contributed by atoms with Gasteiger partial charge < -0.3 is 31.5 Å². The van der Waals surface area contributed by atoms with Gasteiger partial charge in [0, 0.05) is 55.4 Å². The predicted molar refractivity (Wildman–Crippen MR) is 179 cm³/mol. The molecule has 1 aliphatic rings. The van der Waals surface area contributed by atoms with Crippen molar-refractivity contribution in [1.82, 2.24) is 35.1 Å². The molecule has 238 valence electrons. The van der Waals surface area contributed by atoms with E-state index in [1.165, 1.54) is 19.2 Å². The topological polar surface area (TPSA) is 199 Å². The zero-order chi connectivity index (χ0) is 32.8. The van der Waals surface area contributed by atoms with Crippen LogP contribution in [0.3, 0.4) is 0 Å². The molecule has 5 rings (SSSR count). The number of nitrogens with zero attached hydrogens (tertiary/aromatic N) is 5. The van der Waals surface area contributed by atoms with E-state index in [4.69, 9.17) is 10.5 Å². The molecule has 3 aromatic heterocycles. The van der Waals surface area contributed by atoms with Crippen molar-refractivity contribution in [1.29, 1.82) is 0 Å². The summed E-state index contributed by atoms with van der Waals surface area (Å²) in [4.78, 5) is 56.9. The van der Waals surface area contributed by atoms with Crippen LogP contribution in [0.15, 0.2) is 64.4 Å². The van der Waals surface area contributed by atoms with Crippen molar-refractivity contribution < 1.29 is 9.59 Å². The van der Waals surface area contributed by atoms with Crippen molar-refractivity contribution in [3.8, 4) is 11.3 Å². The van der Waals surface area contributed by atoms with Gasteiger partial charge in [0.15, 0.2) is 0 Å². The van der Waals surface area contributed by atoms with Gasteiger partial charge in [-0.2, -0.15) is 4.99 Å². The number of allylic oxidation sites excluding steroid dienone is 1. The molecular weight excluding hydrogens is 574 g/mol. The third-order valence-corrected chi connectivity index (χ3v) is 6.67. The number of nitrogens with one attached hydrogen (secondary N) is 5. The highest BCUT2D eigenvalue weighted by atomic mass is 16.2. The van der Waals surface area contributed by atoms with E-state index in [1.807, 2.05) is 45.3 Å². The highest BCUT2D eigenvalue weighted by Gasteiger charge is 2.17. The molecule has 14 nitrogen and oxygen atoms in total. The van der Waals surface area contributed by atoms with Crippen LogP contribution in [0.5, 0.6) is 0 Å². The number of carbonyl (C=O) groups excluding carboxylic acids is 2. The predicted octanol–water partition coefficient (Wildman–Crippen LogP) is 3.10. The van der Waals surface area contributed by atoms with E-state index < -0.39 is 0 Å². The Balaban J connectivity index is 0.000000387. The Kier molecular flexibility index (Phi) is 12.9. The summed E-state index contributed by atoms with van der Waals surface area (Å²) in [5.41, 5.74) is 11.0. The van der Waals surface area contributed by atoms with Gasteiger partial charge in [-0.05, 0) is 64.4 Å². The normalized spacial score (nSPS) is 13.3. The maximum Gasteiger partial charge on any atom is 0.252 e. The number of carbonyl (C=O) groups is 2. The number of amidine groups is 1. The Labute approximate surface area is 261 Å². The van der Waals surface area contributed by atoms with Crippen LogP contribution in [0.2, 0.25) is 0 Å². The summed E-state index contributed by atoms with van der Waals surface area (Å²) >= 11 is 0. The van der Waals surface area contributed by atoms with E-state index in [0.717, 1.165) is 71.3 Å². The number of hydrogen-bond acceptors (Lipinski definition) is 10. The Bertz CT molecular complexity index is 1700. The van der Waals surface area contributed by atoms with E-state index in [2.05, 4.69) is 50.8 Å². The van der Waals surface area contributed by atoms with Crippen LogP contribution in [-0.2, 0) is 9.59 Å². The van der Waals surface area contributed by atoms with E-state index >= 15 is 0 Å². The summed E-state index contributed by atoms with van der Waals surface area (Å²) in [6.07, 6.45) is 9.88. The first kappa shape index (κ1) is 34.1. The van der Waals surface area contributed by atoms with Crippen molar-refractivity contribution in [3.05, 3.63) is 70.5 Å². The molecule has 4 heterocycles. The molecule has 1 aliphatic heterocycles. The molecule has 0 aliphatic carbocycles. The molecule has 1 fully saturated rings. The van der Waals surface area contributed by atoms with Crippen LogP contribution in [0.1, 0.15) is 32.3 Å². The Morgan fingerprint density at radius 2 is 1.91 bits per heavy atom. The van der Waals surface area contributed by atoms with Gasteiger partial charge in [0.2, 0.25) is 11.9 Å². The van der Waals surface area contributed by atoms with Crippen molar-refractivity contribution in [2.24, 2.45) is 10.7 Å².